The van der Waals surface area contributed by atoms with Crippen molar-refractivity contribution in [3.8, 4) is 16.9 Å². The highest BCUT2D eigenvalue weighted by atomic mass is 16.5. The standard InChI is InChI=1S/C21H22N4O2/c1-2-18-14-24(11-12-27-18)21(26)19-15-25(17-8-4-3-5-9-17)23-20(19)16-7-6-10-22-13-16/h3-10,13,15,18H,2,11-12,14H2,1H3/t18-/m0/s1. The van der Waals surface area contributed by atoms with Crippen LogP contribution in [0.5, 0.6) is 0 Å². The van der Waals surface area contributed by atoms with Crippen LogP contribution in [0.1, 0.15) is 23.7 Å². The number of carbonyl (C=O) groups is 1. The molecule has 1 saturated heterocycles. The minimum absolute atomic E-state index is 0.0159. The quantitative estimate of drug-likeness (QED) is 0.715. The van der Waals surface area contributed by atoms with Gasteiger partial charge in [-0.25, -0.2) is 4.68 Å². The first-order chi connectivity index (χ1) is 13.3. The minimum atomic E-state index is -0.0159. The third-order valence-corrected chi connectivity index (χ3v) is 4.78. The number of morpholine rings is 1. The van der Waals surface area contributed by atoms with Gasteiger partial charge in [0.25, 0.3) is 5.91 Å². The average Bonchev–Trinajstić information content (AvgIpc) is 3.20. The van der Waals surface area contributed by atoms with Gasteiger partial charge in [-0.15, -0.1) is 0 Å². The molecule has 27 heavy (non-hydrogen) atoms. The van der Waals surface area contributed by atoms with Crippen molar-refractivity contribution in [1.29, 1.82) is 0 Å². The first-order valence-corrected chi connectivity index (χ1v) is 9.22. The van der Waals surface area contributed by atoms with E-state index >= 15 is 0 Å². The lowest BCUT2D eigenvalue weighted by Crippen LogP contribution is -2.45. The van der Waals surface area contributed by atoms with Crippen LogP contribution >= 0.6 is 0 Å². The van der Waals surface area contributed by atoms with Crippen LogP contribution in [0.15, 0.2) is 61.1 Å². The maximum Gasteiger partial charge on any atom is 0.257 e. The van der Waals surface area contributed by atoms with E-state index in [0.717, 1.165) is 17.7 Å². The average molecular weight is 362 g/mol. The van der Waals surface area contributed by atoms with Crippen LogP contribution in [-0.4, -0.2) is 51.4 Å². The number of benzene rings is 1. The minimum Gasteiger partial charge on any atom is -0.375 e. The fraction of sp³-hybridized carbons (Fsp3) is 0.286. The molecule has 1 atom stereocenters. The largest absolute Gasteiger partial charge is 0.375 e. The highest BCUT2D eigenvalue weighted by molar-refractivity contribution is 6.00. The molecule has 2 aromatic heterocycles. The van der Waals surface area contributed by atoms with E-state index < -0.39 is 0 Å². The fourth-order valence-electron chi connectivity index (χ4n) is 3.28. The Bertz CT molecular complexity index is 908. The molecule has 1 aliphatic heterocycles. The molecule has 1 amide bonds. The number of pyridine rings is 1. The zero-order valence-electron chi connectivity index (χ0n) is 15.3. The normalized spacial score (nSPS) is 17.1. The van der Waals surface area contributed by atoms with Crippen molar-refractivity contribution in [2.45, 2.75) is 19.4 Å². The predicted octanol–water partition coefficient (Wildman–Crippen LogP) is 3.19. The van der Waals surface area contributed by atoms with Crippen LogP contribution in [0.3, 0.4) is 0 Å². The molecular formula is C21H22N4O2. The van der Waals surface area contributed by atoms with Crippen LogP contribution in [0.25, 0.3) is 16.9 Å². The molecule has 0 saturated carbocycles. The molecule has 3 aromatic rings. The number of amides is 1. The summed E-state index contributed by atoms with van der Waals surface area (Å²) in [5, 5.41) is 4.70. The topological polar surface area (TPSA) is 60.2 Å². The highest BCUT2D eigenvalue weighted by Crippen LogP contribution is 2.25. The van der Waals surface area contributed by atoms with Gasteiger partial charge < -0.3 is 9.64 Å². The molecule has 4 rings (SSSR count). The van der Waals surface area contributed by atoms with Crippen LogP contribution in [0.2, 0.25) is 0 Å². The van der Waals surface area contributed by atoms with Crippen molar-refractivity contribution in [1.82, 2.24) is 19.7 Å². The Hall–Kier alpha value is -2.99. The van der Waals surface area contributed by atoms with Crippen molar-refractivity contribution in [2.24, 2.45) is 0 Å². The molecule has 1 fully saturated rings. The van der Waals surface area contributed by atoms with E-state index in [9.17, 15) is 4.79 Å². The van der Waals surface area contributed by atoms with Gasteiger partial charge in [-0.05, 0) is 30.7 Å². The molecule has 1 aromatic carbocycles. The molecule has 138 valence electrons. The first-order valence-electron chi connectivity index (χ1n) is 9.22. The highest BCUT2D eigenvalue weighted by Gasteiger charge is 2.28. The number of ether oxygens (including phenoxy) is 1. The van der Waals surface area contributed by atoms with Crippen LogP contribution in [-0.2, 0) is 4.74 Å². The second-order valence-electron chi connectivity index (χ2n) is 6.57. The molecule has 0 radical (unpaired) electrons. The lowest BCUT2D eigenvalue weighted by molar-refractivity contribution is -0.0226. The van der Waals surface area contributed by atoms with E-state index in [1.54, 1.807) is 17.1 Å². The van der Waals surface area contributed by atoms with E-state index in [0.29, 0.717) is 31.0 Å². The Kier molecular flexibility index (Phi) is 4.98. The number of nitrogens with zero attached hydrogens (tertiary/aromatic N) is 4. The number of hydrogen-bond donors (Lipinski definition) is 0. The van der Waals surface area contributed by atoms with E-state index in [-0.39, 0.29) is 12.0 Å². The molecule has 1 aliphatic rings. The Labute approximate surface area is 158 Å². The first kappa shape index (κ1) is 17.4. The summed E-state index contributed by atoms with van der Waals surface area (Å²) in [4.78, 5) is 19.3. The van der Waals surface area contributed by atoms with Gasteiger partial charge in [0.1, 0.15) is 5.69 Å². The second kappa shape index (κ2) is 7.72. The summed E-state index contributed by atoms with van der Waals surface area (Å²) in [6, 6.07) is 13.6. The predicted molar refractivity (Wildman–Crippen MR) is 103 cm³/mol. The van der Waals surface area contributed by atoms with E-state index in [1.807, 2.05) is 53.6 Å². The summed E-state index contributed by atoms with van der Waals surface area (Å²) in [6.07, 6.45) is 6.25. The molecule has 0 bridgehead atoms. The zero-order valence-corrected chi connectivity index (χ0v) is 15.3. The number of rotatable bonds is 4. The fourth-order valence-corrected chi connectivity index (χ4v) is 3.28. The maximum atomic E-state index is 13.3. The van der Waals surface area contributed by atoms with Gasteiger partial charge in [0, 0.05) is 37.2 Å². The Balaban J connectivity index is 1.74. The SMILES string of the molecule is CC[C@H]1CN(C(=O)c2cn(-c3ccccc3)nc2-c2cccnc2)CCO1. The maximum absolute atomic E-state index is 13.3. The Morgan fingerprint density at radius 2 is 2.07 bits per heavy atom. The molecule has 6 heteroatoms. The summed E-state index contributed by atoms with van der Waals surface area (Å²) in [7, 11) is 0. The summed E-state index contributed by atoms with van der Waals surface area (Å²) in [5.74, 6) is -0.0159. The number of hydrogen-bond acceptors (Lipinski definition) is 4. The van der Waals surface area contributed by atoms with Crippen molar-refractivity contribution < 1.29 is 9.53 Å². The summed E-state index contributed by atoms with van der Waals surface area (Å²) < 4.78 is 7.47. The van der Waals surface area contributed by atoms with Gasteiger partial charge in [-0.1, -0.05) is 25.1 Å². The van der Waals surface area contributed by atoms with Gasteiger partial charge in [0.2, 0.25) is 0 Å². The zero-order chi connectivity index (χ0) is 18.6. The van der Waals surface area contributed by atoms with E-state index in [4.69, 9.17) is 9.84 Å². The van der Waals surface area contributed by atoms with Gasteiger partial charge in [0.05, 0.1) is 24.0 Å². The summed E-state index contributed by atoms with van der Waals surface area (Å²) in [5.41, 5.74) is 2.98. The molecule has 0 unspecified atom stereocenters. The van der Waals surface area contributed by atoms with Gasteiger partial charge >= 0.3 is 0 Å². The molecule has 6 nitrogen and oxygen atoms in total. The van der Waals surface area contributed by atoms with Crippen LogP contribution in [0, 0.1) is 0 Å². The van der Waals surface area contributed by atoms with Crippen molar-refractivity contribution in [2.75, 3.05) is 19.7 Å². The number of carbonyl (C=O) groups excluding carboxylic acids is 1. The van der Waals surface area contributed by atoms with Crippen molar-refractivity contribution in [3.05, 3.63) is 66.6 Å². The summed E-state index contributed by atoms with van der Waals surface area (Å²) in [6.45, 7) is 3.85. The lowest BCUT2D eigenvalue weighted by Gasteiger charge is -2.32. The van der Waals surface area contributed by atoms with Gasteiger partial charge in [0.15, 0.2) is 0 Å². The molecular weight excluding hydrogens is 340 g/mol. The third kappa shape index (κ3) is 3.61. The third-order valence-electron chi connectivity index (χ3n) is 4.78. The van der Waals surface area contributed by atoms with Crippen molar-refractivity contribution >= 4 is 5.91 Å². The van der Waals surface area contributed by atoms with Crippen LogP contribution < -0.4 is 0 Å². The van der Waals surface area contributed by atoms with E-state index in [2.05, 4.69) is 11.9 Å². The number of aromatic nitrogens is 3. The van der Waals surface area contributed by atoms with Gasteiger partial charge in [-0.3, -0.25) is 9.78 Å². The lowest BCUT2D eigenvalue weighted by atomic mass is 10.1. The Morgan fingerprint density at radius 1 is 1.22 bits per heavy atom. The second-order valence-corrected chi connectivity index (χ2v) is 6.57. The smallest absolute Gasteiger partial charge is 0.257 e. The molecule has 0 N–H and O–H groups in total. The summed E-state index contributed by atoms with van der Waals surface area (Å²) >= 11 is 0. The molecule has 0 spiro atoms. The number of para-hydroxylation sites is 1. The van der Waals surface area contributed by atoms with E-state index in [1.165, 1.54) is 0 Å². The molecule has 3 heterocycles. The Morgan fingerprint density at radius 3 is 2.81 bits per heavy atom. The van der Waals surface area contributed by atoms with Crippen LogP contribution in [0.4, 0.5) is 0 Å². The van der Waals surface area contributed by atoms with Gasteiger partial charge in [-0.2, -0.15) is 5.10 Å². The van der Waals surface area contributed by atoms with Crippen molar-refractivity contribution in [3.63, 3.8) is 0 Å². The monoisotopic (exact) mass is 362 g/mol. The molecule has 0 aliphatic carbocycles.